The first-order chi connectivity index (χ1) is 16.6. The number of nitrogen functional groups attached to an aromatic ring is 2. The van der Waals surface area contributed by atoms with E-state index in [0.29, 0.717) is 5.16 Å². The summed E-state index contributed by atoms with van der Waals surface area (Å²) in [7, 11) is 0. The Hall–Kier alpha value is -3.72. The van der Waals surface area contributed by atoms with Crippen molar-refractivity contribution in [3.8, 4) is 0 Å². The lowest BCUT2D eigenvalue weighted by Gasteiger charge is -2.29. The van der Waals surface area contributed by atoms with Crippen LogP contribution in [0.5, 0.6) is 0 Å². The lowest BCUT2D eigenvalue weighted by Crippen LogP contribution is -2.32. The second kappa shape index (κ2) is 9.64. The number of aromatic nitrogens is 3. The Morgan fingerprint density at radius 1 is 1.00 bits per heavy atom. The minimum Gasteiger partial charge on any atom is -0.368 e. The predicted molar refractivity (Wildman–Crippen MR) is 135 cm³/mol. The van der Waals surface area contributed by atoms with Crippen molar-refractivity contribution in [2.45, 2.75) is 30.5 Å². The van der Waals surface area contributed by atoms with Gasteiger partial charge in [-0.15, -0.1) is 0 Å². The summed E-state index contributed by atoms with van der Waals surface area (Å²) in [6, 6.07) is 20.2. The van der Waals surface area contributed by atoms with Gasteiger partial charge in [0.05, 0.1) is 17.5 Å². The molecule has 1 aliphatic carbocycles. The van der Waals surface area contributed by atoms with Crippen LogP contribution < -0.4 is 11.5 Å². The molecule has 2 heterocycles. The summed E-state index contributed by atoms with van der Waals surface area (Å²) >= 11 is 1.18. The van der Waals surface area contributed by atoms with Gasteiger partial charge in [-0.05, 0) is 42.0 Å². The molecule has 1 amide bonds. The predicted octanol–water partition coefficient (Wildman–Crippen LogP) is 3.95. The van der Waals surface area contributed by atoms with E-state index in [0.717, 1.165) is 36.1 Å². The van der Waals surface area contributed by atoms with Crippen LogP contribution >= 0.6 is 11.8 Å². The zero-order valence-corrected chi connectivity index (χ0v) is 19.4. The number of thioether (sulfide) groups is 1. The maximum Gasteiger partial charge on any atom is 0.253 e. The van der Waals surface area contributed by atoms with Crippen LogP contribution in [0.2, 0.25) is 0 Å². The van der Waals surface area contributed by atoms with Gasteiger partial charge in [-0.2, -0.15) is 20.1 Å². The number of nitrogens with zero attached hydrogens (tertiary/aromatic N) is 5. The first-order valence-electron chi connectivity index (χ1n) is 11.2. The monoisotopic (exact) mass is 471 g/mol. The van der Waals surface area contributed by atoms with Crippen LogP contribution in [0, 0.1) is 5.92 Å². The second-order valence-corrected chi connectivity index (χ2v) is 9.22. The van der Waals surface area contributed by atoms with Gasteiger partial charge in [0.25, 0.3) is 5.91 Å². The topological polar surface area (TPSA) is 123 Å². The van der Waals surface area contributed by atoms with Crippen LogP contribution in [0.25, 0.3) is 6.08 Å². The van der Waals surface area contributed by atoms with Crippen LogP contribution in [0.3, 0.4) is 0 Å². The Bertz CT molecular complexity index is 1230. The SMILES string of the molecule is Nc1nc(N)nc(SCC(=O)N2N=C3/C(=C\c4ccccc4)CCC[C@@H]3[C@H]2c2ccccc2)n1. The van der Waals surface area contributed by atoms with Gasteiger partial charge in [0.15, 0.2) is 5.16 Å². The Kier molecular flexibility index (Phi) is 6.27. The summed E-state index contributed by atoms with van der Waals surface area (Å²) in [5, 5.41) is 6.88. The molecule has 3 aromatic rings. The molecule has 1 saturated carbocycles. The van der Waals surface area contributed by atoms with Gasteiger partial charge in [-0.25, -0.2) is 5.01 Å². The van der Waals surface area contributed by atoms with Crippen LogP contribution in [0.1, 0.15) is 36.4 Å². The summed E-state index contributed by atoms with van der Waals surface area (Å²) in [6.45, 7) is 0. The quantitative estimate of drug-likeness (QED) is 0.540. The van der Waals surface area contributed by atoms with Gasteiger partial charge < -0.3 is 11.5 Å². The lowest BCUT2D eigenvalue weighted by atomic mass is 9.77. The first kappa shape index (κ1) is 22.1. The highest BCUT2D eigenvalue weighted by molar-refractivity contribution is 7.99. The van der Waals surface area contributed by atoms with Crippen LogP contribution in [-0.2, 0) is 4.79 Å². The van der Waals surface area contributed by atoms with E-state index >= 15 is 0 Å². The van der Waals surface area contributed by atoms with Crippen LogP contribution in [0.15, 0.2) is 76.5 Å². The summed E-state index contributed by atoms with van der Waals surface area (Å²) < 4.78 is 0. The van der Waals surface area contributed by atoms with E-state index < -0.39 is 0 Å². The van der Waals surface area contributed by atoms with E-state index in [-0.39, 0.29) is 35.5 Å². The average Bonchev–Trinajstić information content (AvgIpc) is 3.24. The molecule has 2 atom stereocenters. The van der Waals surface area contributed by atoms with Crippen molar-refractivity contribution in [3.05, 3.63) is 77.4 Å². The molecular formula is C25H25N7OS. The van der Waals surface area contributed by atoms with Crippen molar-refractivity contribution in [2.75, 3.05) is 17.2 Å². The Morgan fingerprint density at radius 3 is 2.38 bits per heavy atom. The number of amides is 1. The third-order valence-electron chi connectivity index (χ3n) is 6.01. The maximum absolute atomic E-state index is 13.4. The zero-order chi connectivity index (χ0) is 23.5. The van der Waals surface area contributed by atoms with Crippen LogP contribution in [0.4, 0.5) is 11.9 Å². The number of carbonyl (C=O) groups excluding carboxylic acids is 1. The Morgan fingerprint density at radius 2 is 1.68 bits per heavy atom. The normalized spacial score (nSPS) is 20.8. The molecule has 2 aromatic carbocycles. The molecule has 0 radical (unpaired) electrons. The highest BCUT2D eigenvalue weighted by Gasteiger charge is 2.43. The fourth-order valence-electron chi connectivity index (χ4n) is 4.59. The molecule has 34 heavy (non-hydrogen) atoms. The molecule has 0 bridgehead atoms. The van der Waals surface area contributed by atoms with E-state index in [2.05, 4.69) is 45.3 Å². The second-order valence-electron chi connectivity index (χ2n) is 8.28. The van der Waals surface area contributed by atoms with Crippen molar-refractivity contribution in [1.82, 2.24) is 20.0 Å². The molecule has 1 fully saturated rings. The van der Waals surface area contributed by atoms with Gasteiger partial charge in [-0.1, -0.05) is 72.4 Å². The third-order valence-corrected chi connectivity index (χ3v) is 6.84. The average molecular weight is 472 g/mol. The number of hydrogen-bond acceptors (Lipinski definition) is 8. The molecule has 4 N–H and O–H groups in total. The Balaban J connectivity index is 1.45. The van der Waals surface area contributed by atoms with E-state index in [4.69, 9.17) is 16.6 Å². The van der Waals surface area contributed by atoms with Crippen molar-refractivity contribution in [2.24, 2.45) is 11.0 Å². The number of rotatable bonds is 5. The van der Waals surface area contributed by atoms with Gasteiger partial charge >= 0.3 is 0 Å². The Labute approximate surface area is 202 Å². The van der Waals surface area contributed by atoms with E-state index in [9.17, 15) is 4.79 Å². The van der Waals surface area contributed by atoms with Gasteiger partial charge in [0.1, 0.15) is 0 Å². The van der Waals surface area contributed by atoms with Crippen LogP contribution in [-0.4, -0.2) is 37.3 Å². The highest BCUT2D eigenvalue weighted by atomic mass is 32.2. The number of allylic oxidation sites excluding steroid dienone is 1. The maximum atomic E-state index is 13.4. The smallest absolute Gasteiger partial charge is 0.253 e. The molecule has 1 aliphatic heterocycles. The number of benzene rings is 2. The van der Waals surface area contributed by atoms with Crippen molar-refractivity contribution in [3.63, 3.8) is 0 Å². The molecule has 8 nitrogen and oxygen atoms in total. The van der Waals surface area contributed by atoms with Gasteiger partial charge in [0, 0.05) is 5.92 Å². The molecule has 0 unspecified atom stereocenters. The summed E-state index contributed by atoms with van der Waals surface area (Å²) in [5.41, 5.74) is 15.8. The molecule has 5 rings (SSSR count). The van der Waals surface area contributed by atoms with Crippen molar-refractivity contribution < 1.29 is 4.79 Å². The lowest BCUT2D eigenvalue weighted by molar-refractivity contribution is -0.130. The largest absolute Gasteiger partial charge is 0.368 e. The molecule has 1 aromatic heterocycles. The number of anilines is 2. The van der Waals surface area contributed by atoms with Gasteiger partial charge in [0.2, 0.25) is 11.9 Å². The van der Waals surface area contributed by atoms with Crippen molar-refractivity contribution in [1.29, 1.82) is 0 Å². The summed E-state index contributed by atoms with van der Waals surface area (Å²) in [4.78, 5) is 25.3. The third kappa shape index (κ3) is 4.65. The van der Waals surface area contributed by atoms with E-state index in [1.54, 1.807) is 5.01 Å². The molecule has 172 valence electrons. The fraction of sp³-hybridized carbons (Fsp3) is 0.240. The van der Waals surface area contributed by atoms with Crippen molar-refractivity contribution >= 4 is 41.4 Å². The summed E-state index contributed by atoms with van der Waals surface area (Å²) in [5.74, 6) is 0.231. The minimum absolute atomic E-state index is 0.0349. The number of nitrogens with two attached hydrogens (primary N) is 2. The van der Waals surface area contributed by atoms with E-state index in [1.165, 1.54) is 17.3 Å². The standard InChI is InChI=1S/C25H25N7OS/c26-23-28-24(27)30-25(29-23)34-15-20(33)32-22(17-10-5-2-6-11-17)19-13-7-12-18(21(19)31-32)14-16-8-3-1-4-9-16/h1-6,8-11,14,19,22H,7,12-13,15H2,(H4,26,27,28,29,30)/b18-14-/t19-,22+/m0/s1. The first-order valence-corrected chi connectivity index (χ1v) is 12.2. The number of hydrogen-bond donors (Lipinski definition) is 2. The number of carbonyl (C=O) groups is 1. The summed E-state index contributed by atoms with van der Waals surface area (Å²) in [6.07, 6.45) is 5.20. The number of hydrazone groups is 1. The molecule has 0 spiro atoms. The van der Waals surface area contributed by atoms with Gasteiger partial charge in [-0.3, -0.25) is 4.79 Å². The minimum atomic E-state index is -0.141. The molecule has 0 saturated heterocycles. The highest BCUT2D eigenvalue weighted by Crippen LogP contribution is 2.44. The molecule has 2 aliphatic rings. The molecule has 9 heteroatoms. The molecular weight excluding hydrogens is 446 g/mol. The van der Waals surface area contributed by atoms with E-state index in [1.807, 2.05) is 36.4 Å². The zero-order valence-electron chi connectivity index (χ0n) is 18.5. The number of fused-ring (bicyclic) bond motifs is 1. The fourth-order valence-corrected chi connectivity index (χ4v) is 5.29.